The fourth-order valence-electron chi connectivity index (χ4n) is 1.50. The highest BCUT2D eigenvalue weighted by molar-refractivity contribution is 5.84. The molecule has 0 atom stereocenters. The molecule has 64 valence electrons. The first kappa shape index (κ1) is 8.06. The van der Waals surface area contributed by atoms with Gasteiger partial charge in [-0.15, -0.1) is 0 Å². The molecule has 0 saturated carbocycles. The van der Waals surface area contributed by atoms with Gasteiger partial charge in [-0.3, -0.25) is 0 Å². The summed E-state index contributed by atoms with van der Waals surface area (Å²) >= 11 is 0. The maximum absolute atomic E-state index is 2.20. The van der Waals surface area contributed by atoms with Crippen LogP contribution in [0.1, 0.15) is 12.5 Å². The minimum absolute atomic E-state index is 1.27. The summed E-state index contributed by atoms with van der Waals surface area (Å²) < 4.78 is 0. The Balaban J connectivity index is 2.62. The Morgan fingerprint density at radius 3 is 2.46 bits per heavy atom. The van der Waals surface area contributed by atoms with Crippen LogP contribution in [0.2, 0.25) is 0 Å². The van der Waals surface area contributed by atoms with Gasteiger partial charge in [0.05, 0.1) is 0 Å². The van der Waals surface area contributed by atoms with Gasteiger partial charge in [-0.2, -0.15) is 0 Å². The molecule has 13 heavy (non-hydrogen) atoms. The number of hydrogen-bond acceptors (Lipinski definition) is 0. The van der Waals surface area contributed by atoms with Gasteiger partial charge >= 0.3 is 0 Å². The molecular weight excluding hydrogens is 156 g/mol. The molecule has 2 rings (SSSR count). The third-order valence-electron chi connectivity index (χ3n) is 2.13. The zero-order valence-corrected chi connectivity index (χ0v) is 7.70. The van der Waals surface area contributed by atoms with Crippen molar-refractivity contribution in [3.05, 3.63) is 54.1 Å². The van der Waals surface area contributed by atoms with Crippen LogP contribution >= 0.6 is 0 Å². The molecule has 0 heterocycles. The summed E-state index contributed by atoms with van der Waals surface area (Å²) in [5, 5.41) is 2.61. The zero-order chi connectivity index (χ0) is 9.10. The van der Waals surface area contributed by atoms with Crippen molar-refractivity contribution in [2.24, 2.45) is 0 Å². The van der Waals surface area contributed by atoms with Crippen LogP contribution in [0.15, 0.2) is 48.5 Å². The van der Waals surface area contributed by atoms with Crippen molar-refractivity contribution < 1.29 is 0 Å². The molecule has 2 aromatic rings. The molecule has 0 amide bonds. The van der Waals surface area contributed by atoms with Crippen LogP contribution < -0.4 is 0 Å². The van der Waals surface area contributed by atoms with Crippen LogP contribution in [0.5, 0.6) is 0 Å². The van der Waals surface area contributed by atoms with E-state index in [1.165, 1.54) is 16.3 Å². The number of fused-ring (bicyclic) bond motifs is 1. The van der Waals surface area contributed by atoms with Crippen molar-refractivity contribution >= 4 is 16.8 Å². The van der Waals surface area contributed by atoms with Gasteiger partial charge in [0.2, 0.25) is 0 Å². The average Bonchev–Trinajstić information content (AvgIpc) is 2.18. The molecule has 0 unspecified atom stereocenters. The molecule has 2 aromatic carbocycles. The minimum atomic E-state index is 1.27. The first-order valence-electron chi connectivity index (χ1n) is 4.51. The van der Waals surface area contributed by atoms with E-state index in [2.05, 4.69) is 54.6 Å². The molecule has 0 heteroatoms. The van der Waals surface area contributed by atoms with Gasteiger partial charge in [-0.05, 0) is 29.3 Å². The van der Waals surface area contributed by atoms with Gasteiger partial charge in [-0.25, -0.2) is 0 Å². The van der Waals surface area contributed by atoms with E-state index in [1.807, 2.05) is 6.92 Å². The molecule has 0 aliphatic carbocycles. The van der Waals surface area contributed by atoms with E-state index in [1.54, 1.807) is 0 Å². The summed E-state index contributed by atoms with van der Waals surface area (Å²) in [5.74, 6) is 0. The van der Waals surface area contributed by atoms with Crippen molar-refractivity contribution in [3.8, 4) is 0 Å². The lowest BCUT2D eigenvalue weighted by Gasteiger charge is -1.98. The Morgan fingerprint density at radius 2 is 1.69 bits per heavy atom. The van der Waals surface area contributed by atoms with E-state index < -0.39 is 0 Å². The van der Waals surface area contributed by atoms with E-state index in [0.29, 0.717) is 0 Å². The van der Waals surface area contributed by atoms with E-state index in [9.17, 15) is 0 Å². The van der Waals surface area contributed by atoms with Gasteiger partial charge in [0.15, 0.2) is 0 Å². The Labute approximate surface area is 78.5 Å². The van der Waals surface area contributed by atoms with Crippen molar-refractivity contribution in [1.29, 1.82) is 0 Å². The molecule has 0 aromatic heterocycles. The third-order valence-corrected chi connectivity index (χ3v) is 2.13. The lowest BCUT2D eigenvalue weighted by Crippen LogP contribution is -1.74. The molecule has 0 nitrogen and oxygen atoms in total. The lowest BCUT2D eigenvalue weighted by molar-refractivity contribution is 1.68. The maximum atomic E-state index is 2.20. The largest absolute Gasteiger partial charge is 0.0871 e. The smallest absolute Gasteiger partial charge is 0.0178 e. The predicted octanol–water partition coefficient (Wildman–Crippen LogP) is 3.87. The first-order valence-corrected chi connectivity index (χ1v) is 4.51. The number of hydrogen-bond donors (Lipinski definition) is 0. The third kappa shape index (κ3) is 1.62. The van der Waals surface area contributed by atoms with E-state index in [0.717, 1.165) is 0 Å². The van der Waals surface area contributed by atoms with Gasteiger partial charge in [0, 0.05) is 0 Å². The van der Waals surface area contributed by atoms with Crippen LogP contribution in [0.3, 0.4) is 0 Å². The molecule has 0 saturated heterocycles. The summed E-state index contributed by atoms with van der Waals surface area (Å²) in [7, 11) is 0. The SMILES string of the molecule is C/C=C/c1ccc2ccccc2c1. The van der Waals surface area contributed by atoms with Crippen molar-refractivity contribution in [2.75, 3.05) is 0 Å². The Hall–Kier alpha value is -1.56. The summed E-state index contributed by atoms with van der Waals surface area (Å²) in [4.78, 5) is 0. The van der Waals surface area contributed by atoms with Crippen LogP contribution in [0, 0.1) is 0 Å². The number of allylic oxidation sites excluding steroid dienone is 1. The molecular formula is C13H12. The quantitative estimate of drug-likeness (QED) is 0.606. The topological polar surface area (TPSA) is 0 Å². The Morgan fingerprint density at radius 1 is 0.923 bits per heavy atom. The lowest BCUT2D eigenvalue weighted by atomic mass is 10.1. The van der Waals surface area contributed by atoms with Crippen LogP contribution in [-0.2, 0) is 0 Å². The van der Waals surface area contributed by atoms with Gasteiger partial charge in [-0.1, -0.05) is 48.6 Å². The van der Waals surface area contributed by atoms with Gasteiger partial charge in [0.1, 0.15) is 0 Å². The predicted molar refractivity (Wildman–Crippen MR) is 58.7 cm³/mol. The summed E-state index contributed by atoms with van der Waals surface area (Å²) in [6.45, 7) is 2.04. The number of rotatable bonds is 1. The van der Waals surface area contributed by atoms with Gasteiger partial charge < -0.3 is 0 Å². The highest BCUT2D eigenvalue weighted by Gasteiger charge is 1.91. The van der Waals surface area contributed by atoms with E-state index in [-0.39, 0.29) is 0 Å². The fraction of sp³-hybridized carbons (Fsp3) is 0.0769. The van der Waals surface area contributed by atoms with Crippen molar-refractivity contribution in [1.82, 2.24) is 0 Å². The molecule has 0 fully saturated rings. The molecule has 0 aliphatic rings. The van der Waals surface area contributed by atoms with Crippen LogP contribution in [0.4, 0.5) is 0 Å². The second-order valence-corrected chi connectivity index (χ2v) is 3.11. The fourth-order valence-corrected chi connectivity index (χ4v) is 1.50. The van der Waals surface area contributed by atoms with E-state index in [4.69, 9.17) is 0 Å². The highest BCUT2D eigenvalue weighted by atomic mass is 14.0. The molecule has 0 bridgehead atoms. The average molecular weight is 168 g/mol. The summed E-state index contributed by atoms with van der Waals surface area (Å²) in [5.41, 5.74) is 1.27. The second-order valence-electron chi connectivity index (χ2n) is 3.11. The van der Waals surface area contributed by atoms with Crippen LogP contribution in [-0.4, -0.2) is 0 Å². The van der Waals surface area contributed by atoms with E-state index >= 15 is 0 Å². The summed E-state index contributed by atoms with van der Waals surface area (Å²) in [6, 6.07) is 14.9. The van der Waals surface area contributed by atoms with Crippen LogP contribution in [0.25, 0.3) is 16.8 Å². The summed E-state index contributed by atoms with van der Waals surface area (Å²) in [6.07, 6.45) is 4.18. The Kier molecular flexibility index (Phi) is 2.13. The highest BCUT2D eigenvalue weighted by Crippen LogP contribution is 2.16. The monoisotopic (exact) mass is 168 g/mol. The second kappa shape index (κ2) is 3.44. The standard InChI is InChI=1S/C13H12/c1-2-5-11-8-9-12-6-3-4-7-13(12)10-11/h2-10H,1H3/b5-2+. The number of benzene rings is 2. The maximum Gasteiger partial charge on any atom is -0.0178 e. The van der Waals surface area contributed by atoms with Gasteiger partial charge in [0.25, 0.3) is 0 Å². The molecule has 0 aliphatic heterocycles. The van der Waals surface area contributed by atoms with Crippen molar-refractivity contribution in [3.63, 3.8) is 0 Å². The molecule has 0 radical (unpaired) electrons. The Bertz CT molecular complexity index is 438. The molecule has 0 N–H and O–H groups in total. The van der Waals surface area contributed by atoms with Crippen molar-refractivity contribution in [2.45, 2.75) is 6.92 Å². The minimum Gasteiger partial charge on any atom is -0.0871 e. The molecule has 0 spiro atoms. The normalized spacial score (nSPS) is 11.2. The first-order chi connectivity index (χ1) is 6.40. The zero-order valence-electron chi connectivity index (χ0n) is 7.70.